The van der Waals surface area contributed by atoms with E-state index in [1.165, 1.54) is 27.8 Å². The molecule has 2 saturated heterocycles. The molecule has 10 N–H and O–H groups in total. The van der Waals surface area contributed by atoms with Gasteiger partial charge in [-0.15, -0.1) is 0 Å². The summed E-state index contributed by atoms with van der Waals surface area (Å²) in [5.74, 6) is -7.92. The van der Waals surface area contributed by atoms with Gasteiger partial charge >= 0.3 is 18.1 Å². The van der Waals surface area contributed by atoms with E-state index in [0.717, 1.165) is 9.80 Å². The molecule has 2 heterocycles. The van der Waals surface area contributed by atoms with Gasteiger partial charge in [-0.1, -0.05) is 74.5 Å². The Hall–Kier alpha value is -7.30. The number of aliphatic hydroxyl groups is 1. The van der Waals surface area contributed by atoms with Crippen molar-refractivity contribution in [3.8, 4) is 0 Å². The van der Waals surface area contributed by atoms with E-state index in [0.29, 0.717) is 24.0 Å². The number of alkyl carbamates (subject to hydrolysis) is 1. The fourth-order valence-corrected chi connectivity index (χ4v) is 8.41. The van der Waals surface area contributed by atoms with Crippen molar-refractivity contribution in [2.24, 2.45) is 17.6 Å². The number of nitrogens with zero attached hydrogens (tertiary/aromatic N) is 2. The van der Waals surface area contributed by atoms with Crippen LogP contribution >= 0.6 is 0 Å². The number of cyclic esters (lactones) is 1. The molecular formula is C49H68N10O13. The van der Waals surface area contributed by atoms with Gasteiger partial charge in [0.05, 0.1) is 0 Å². The number of carbonyl (C=O) groups excluding carboxylic acids is 10. The van der Waals surface area contributed by atoms with Crippen LogP contribution in [0.1, 0.15) is 84.3 Å². The number of piperidine rings is 1. The third kappa shape index (κ3) is 15.3. The number of ether oxygens (including phenoxy) is 2. The van der Waals surface area contributed by atoms with Crippen molar-refractivity contribution in [2.45, 2.75) is 147 Å². The van der Waals surface area contributed by atoms with Gasteiger partial charge in [-0.05, 0) is 82.3 Å². The minimum absolute atomic E-state index is 0.00594. The van der Waals surface area contributed by atoms with E-state index in [4.69, 9.17) is 15.2 Å². The van der Waals surface area contributed by atoms with Crippen molar-refractivity contribution < 1.29 is 62.5 Å². The van der Waals surface area contributed by atoms with Gasteiger partial charge in [-0.3, -0.25) is 33.6 Å². The van der Waals surface area contributed by atoms with E-state index in [-0.39, 0.29) is 45.3 Å². The van der Waals surface area contributed by atoms with Crippen LogP contribution in [0, 0.1) is 11.8 Å². The van der Waals surface area contributed by atoms with Crippen LogP contribution < -0.4 is 43.0 Å². The van der Waals surface area contributed by atoms with E-state index < -0.39 is 132 Å². The molecule has 10 atom stereocenters. The molecule has 1 aliphatic carbocycles. The zero-order valence-electron chi connectivity index (χ0n) is 41.4. The summed E-state index contributed by atoms with van der Waals surface area (Å²) in [6.45, 7) is 7.17. The predicted molar refractivity (Wildman–Crippen MR) is 257 cm³/mol. The highest BCUT2D eigenvalue weighted by molar-refractivity contribution is 5.98. The average molecular weight is 1010 g/mol. The third-order valence-electron chi connectivity index (χ3n) is 12.8. The summed E-state index contributed by atoms with van der Waals surface area (Å²) in [4.78, 5) is 140. The van der Waals surface area contributed by atoms with E-state index in [2.05, 4.69) is 37.2 Å². The second kappa shape index (κ2) is 25.7. The molecule has 0 spiro atoms. The highest BCUT2D eigenvalue weighted by Crippen LogP contribution is 2.33. The van der Waals surface area contributed by atoms with Gasteiger partial charge in [0.15, 0.2) is 0 Å². The first kappa shape index (κ1) is 55.6. The Labute approximate surface area is 417 Å². The molecule has 2 aliphatic heterocycles. The number of rotatable bonds is 15. The Morgan fingerprint density at radius 3 is 2.01 bits per heavy atom. The number of urea groups is 1. The number of amides is 10. The Morgan fingerprint density at radius 1 is 0.778 bits per heavy atom. The van der Waals surface area contributed by atoms with Crippen LogP contribution in [0.4, 0.5) is 9.59 Å². The summed E-state index contributed by atoms with van der Waals surface area (Å²) < 4.78 is 11.0. The van der Waals surface area contributed by atoms with Crippen LogP contribution in [-0.4, -0.2) is 149 Å². The molecule has 0 radical (unpaired) electrons. The quantitative estimate of drug-likeness (QED) is 0.0811. The monoisotopic (exact) mass is 1000 g/mol. The number of nitrogens with one attached hydrogen (secondary N) is 7. The molecule has 1 saturated carbocycles. The van der Waals surface area contributed by atoms with Crippen LogP contribution in [-0.2, 0) is 60.9 Å². The molecule has 5 rings (SSSR count). The molecule has 3 aliphatic rings. The largest absolute Gasteiger partial charge is 0.458 e. The molecular weight excluding hydrogens is 937 g/mol. The molecule has 72 heavy (non-hydrogen) atoms. The average Bonchev–Trinajstić information content (AvgIpc) is 4.19. The van der Waals surface area contributed by atoms with E-state index in [1.807, 2.05) is 0 Å². The van der Waals surface area contributed by atoms with Crippen molar-refractivity contribution in [1.82, 2.24) is 47.0 Å². The first-order chi connectivity index (χ1) is 34.2. The highest BCUT2D eigenvalue weighted by atomic mass is 16.6. The molecule has 2 aromatic carbocycles. The van der Waals surface area contributed by atoms with Crippen LogP contribution in [0.2, 0.25) is 0 Å². The van der Waals surface area contributed by atoms with Crippen molar-refractivity contribution in [3.63, 3.8) is 0 Å². The maximum atomic E-state index is 14.8. The number of fused-ring (bicyclic) bond motifs is 2. The SMILES string of the molecule is CC(NC(=O)OCc1ccccc1)C(=O)N[C@@H](C)C(=O)N[C@@H]1C(=O)N[C@@H](C2CC2)C(=O)N[C@H]2CC[C@@H](O)N(C2=O)[C@@H](CCCNC(N)=O)C(=O)N(C)[C@@H](Cc2ccccc2)C(=O)N[C@@H](C(C)C)C(=O)O[C@@H]1C. The lowest BCUT2D eigenvalue weighted by Gasteiger charge is -2.43. The Bertz CT molecular complexity index is 2280. The first-order valence-electron chi connectivity index (χ1n) is 24.2. The van der Waals surface area contributed by atoms with Gasteiger partial charge in [0.25, 0.3) is 0 Å². The lowest BCUT2D eigenvalue weighted by molar-refractivity contribution is -0.165. The number of benzene rings is 2. The summed E-state index contributed by atoms with van der Waals surface area (Å²) in [5.41, 5.74) is 6.61. The summed E-state index contributed by atoms with van der Waals surface area (Å²) >= 11 is 0. The van der Waals surface area contributed by atoms with Crippen LogP contribution in [0.15, 0.2) is 60.7 Å². The van der Waals surface area contributed by atoms with Crippen molar-refractivity contribution in [2.75, 3.05) is 13.6 Å². The minimum atomic E-state index is -1.72. The molecule has 23 nitrogen and oxygen atoms in total. The van der Waals surface area contributed by atoms with Gasteiger partial charge < -0.3 is 67.3 Å². The summed E-state index contributed by atoms with van der Waals surface area (Å²) in [7, 11) is 1.35. The predicted octanol–water partition coefficient (Wildman–Crippen LogP) is -0.416. The van der Waals surface area contributed by atoms with Gasteiger partial charge in [-0.25, -0.2) is 14.4 Å². The lowest BCUT2D eigenvalue weighted by Crippen LogP contribution is -2.65. The van der Waals surface area contributed by atoms with Crippen LogP contribution in [0.3, 0.4) is 0 Å². The van der Waals surface area contributed by atoms with Crippen molar-refractivity contribution >= 4 is 59.4 Å². The maximum Gasteiger partial charge on any atom is 0.408 e. The Kier molecular flexibility index (Phi) is 19.9. The fourth-order valence-electron chi connectivity index (χ4n) is 8.41. The van der Waals surface area contributed by atoms with Gasteiger partial charge in [0.1, 0.15) is 67.3 Å². The smallest absolute Gasteiger partial charge is 0.408 e. The van der Waals surface area contributed by atoms with Gasteiger partial charge in [0.2, 0.25) is 41.4 Å². The zero-order chi connectivity index (χ0) is 52.8. The second-order valence-corrected chi connectivity index (χ2v) is 18.8. The number of likely N-dealkylation sites (N-methyl/N-ethyl adjacent to an activating group) is 1. The highest BCUT2D eigenvalue weighted by Gasteiger charge is 2.47. The van der Waals surface area contributed by atoms with E-state index in [9.17, 15) is 53.1 Å². The number of primary amides is 1. The second-order valence-electron chi connectivity index (χ2n) is 18.8. The molecule has 2 bridgehead atoms. The minimum Gasteiger partial charge on any atom is -0.458 e. The molecule has 10 amide bonds. The van der Waals surface area contributed by atoms with Crippen LogP contribution in [0.25, 0.3) is 0 Å². The number of aliphatic hydroxyl groups excluding tert-OH is 1. The fraction of sp³-hybridized carbons (Fsp3) is 0.551. The van der Waals surface area contributed by atoms with E-state index in [1.54, 1.807) is 74.5 Å². The number of hydrogen-bond acceptors (Lipinski definition) is 13. The van der Waals surface area contributed by atoms with Crippen LogP contribution in [0.5, 0.6) is 0 Å². The third-order valence-corrected chi connectivity index (χ3v) is 12.8. The molecule has 3 fully saturated rings. The van der Waals surface area contributed by atoms with Crippen molar-refractivity contribution in [3.05, 3.63) is 71.8 Å². The normalized spacial score (nSPS) is 25.4. The topological polar surface area (TPSA) is 326 Å². The molecule has 23 heteroatoms. The number of carbonyl (C=O) groups is 10. The number of nitrogens with two attached hydrogens (primary N) is 1. The first-order valence-corrected chi connectivity index (χ1v) is 24.2. The number of hydrogen-bond donors (Lipinski definition) is 9. The molecule has 1 unspecified atom stereocenters. The molecule has 0 aromatic heterocycles. The zero-order valence-corrected chi connectivity index (χ0v) is 41.4. The van der Waals surface area contributed by atoms with Gasteiger partial charge in [0, 0.05) is 20.0 Å². The van der Waals surface area contributed by atoms with Gasteiger partial charge in [-0.2, -0.15) is 0 Å². The Balaban J connectivity index is 1.46. The number of esters is 1. The standard InChI is InChI=1S/C49H68N10O13/c1-26(2)37-47(68)72-29(5)38(56-41(62)27(3)52-40(61)28(4)53-49(70)71-25-31-16-11-8-12-17-31)43(64)57-39(32-19-20-32)44(65)54-33-21-22-36(60)59(45(33)66)34(18-13-23-51-48(50)69)46(67)58(6)35(42(63)55-37)24-30-14-9-7-10-15-30/h7-12,14-17,26-29,32-39,60H,13,18-25H2,1-6H3,(H,52,61)(H,53,70)(H,54,65)(H,55,63)(H,56,62)(H,57,64)(H3,50,51,69)/t27-,28?,29+,33-,34-,35-,36+,37-,38-,39-/m0/s1. The van der Waals surface area contributed by atoms with E-state index >= 15 is 0 Å². The maximum absolute atomic E-state index is 14.8. The summed E-state index contributed by atoms with van der Waals surface area (Å²) in [5, 5.41) is 29.3. The summed E-state index contributed by atoms with van der Waals surface area (Å²) in [6.07, 6.45) is -3.13. The summed E-state index contributed by atoms with van der Waals surface area (Å²) in [6, 6.07) is 5.74. The van der Waals surface area contributed by atoms with Crippen molar-refractivity contribution in [1.29, 1.82) is 0 Å². The lowest BCUT2D eigenvalue weighted by atomic mass is 9.96. The molecule has 392 valence electrons. The Morgan fingerprint density at radius 2 is 1.40 bits per heavy atom. The molecule has 2 aromatic rings.